The van der Waals surface area contributed by atoms with Crippen LogP contribution in [0.1, 0.15) is 11.8 Å². The largest absolute Gasteiger partial charge is 0.331 e. The zero-order chi connectivity index (χ0) is 18.6. The normalized spacial score (nSPS) is 12.3. The highest BCUT2D eigenvalue weighted by Gasteiger charge is 2.17. The van der Waals surface area contributed by atoms with Gasteiger partial charge < -0.3 is 5.32 Å². The first kappa shape index (κ1) is 19.8. The van der Waals surface area contributed by atoms with E-state index in [2.05, 4.69) is 15.8 Å². The Hall–Kier alpha value is -1.52. The molecule has 0 unspecified atom stereocenters. The van der Waals surface area contributed by atoms with Gasteiger partial charge in [-0.3, -0.25) is 5.43 Å². The lowest BCUT2D eigenvalue weighted by molar-refractivity contribution is 0.521. The topological polar surface area (TPSA) is 73.8 Å². The average molecular weight is 417 g/mol. The van der Waals surface area contributed by atoms with E-state index in [-0.39, 0.29) is 10.0 Å². The Morgan fingerprint density at radius 1 is 1.28 bits per heavy atom. The summed E-state index contributed by atoms with van der Waals surface area (Å²) in [5, 5.41) is 7.36. The van der Waals surface area contributed by atoms with Crippen LogP contribution >= 0.6 is 35.2 Å². The highest BCUT2D eigenvalue weighted by molar-refractivity contribution is 7.89. The number of sulfonamides is 1. The van der Waals surface area contributed by atoms with E-state index in [1.165, 1.54) is 37.6 Å². The van der Waals surface area contributed by atoms with Gasteiger partial charge in [-0.25, -0.2) is 12.7 Å². The zero-order valence-electron chi connectivity index (χ0n) is 13.8. The quantitative estimate of drug-likeness (QED) is 0.444. The smallest absolute Gasteiger partial charge is 0.242 e. The molecule has 10 heteroatoms. The molecule has 0 atom stereocenters. The van der Waals surface area contributed by atoms with Crippen molar-refractivity contribution in [1.29, 1.82) is 0 Å². The molecule has 0 aliphatic heterocycles. The van der Waals surface area contributed by atoms with E-state index in [0.717, 1.165) is 14.9 Å². The summed E-state index contributed by atoms with van der Waals surface area (Å²) in [5.41, 5.74) is 4.02. The molecular weight excluding hydrogens is 400 g/mol. The van der Waals surface area contributed by atoms with Gasteiger partial charge in [-0.15, -0.1) is 11.3 Å². The predicted molar refractivity (Wildman–Crippen MR) is 108 cm³/mol. The Bertz CT molecular complexity index is 907. The Morgan fingerprint density at radius 2 is 2.00 bits per heavy atom. The Morgan fingerprint density at radius 3 is 2.60 bits per heavy atom. The predicted octanol–water partition coefficient (Wildman–Crippen LogP) is 3.36. The summed E-state index contributed by atoms with van der Waals surface area (Å²) in [6.07, 6.45) is 0. The van der Waals surface area contributed by atoms with Crippen LogP contribution in [0.2, 0.25) is 4.34 Å². The second-order valence-electron chi connectivity index (χ2n) is 5.18. The van der Waals surface area contributed by atoms with Gasteiger partial charge in [-0.1, -0.05) is 17.7 Å². The van der Waals surface area contributed by atoms with Crippen LogP contribution in [0, 0.1) is 0 Å². The molecule has 134 valence electrons. The third kappa shape index (κ3) is 5.23. The van der Waals surface area contributed by atoms with Crippen molar-refractivity contribution in [2.75, 3.05) is 19.4 Å². The molecule has 25 heavy (non-hydrogen) atoms. The summed E-state index contributed by atoms with van der Waals surface area (Å²) >= 11 is 12.5. The molecule has 0 aliphatic rings. The van der Waals surface area contributed by atoms with Crippen molar-refractivity contribution in [2.24, 2.45) is 5.10 Å². The molecule has 0 amide bonds. The summed E-state index contributed by atoms with van der Waals surface area (Å²) in [6.45, 7) is 1.84. The lowest BCUT2D eigenvalue weighted by atomic mass is 10.3. The van der Waals surface area contributed by atoms with E-state index >= 15 is 0 Å². The van der Waals surface area contributed by atoms with Crippen molar-refractivity contribution < 1.29 is 8.42 Å². The minimum Gasteiger partial charge on any atom is -0.331 e. The summed E-state index contributed by atoms with van der Waals surface area (Å²) in [7, 11) is -0.539. The second kappa shape index (κ2) is 8.24. The number of hydrogen-bond acceptors (Lipinski definition) is 5. The number of halogens is 1. The van der Waals surface area contributed by atoms with Gasteiger partial charge in [0, 0.05) is 19.8 Å². The van der Waals surface area contributed by atoms with Crippen LogP contribution in [-0.2, 0) is 10.0 Å². The van der Waals surface area contributed by atoms with E-state index in [4.69, 9.17) is 23.8 Å². The molecule has 0 saturated carbocycles. The Labute approximate surface area is 161 Å². The molecule has 2 aromatic rings. The van der Waals surface area contributed by atoms with Crippen LogP contribution in [0.3, 0.4) is 0 Å². The standard InChI is InChI=1S/C15H17ClN4O2S3/c1-10(13-7-8-14(16)24-13)18-19-15(23)17-11-5-4-6-12(9-11)25(21,22)20(2)3/h4-9H,1-3H3,(H2,17,19,23)/b18-10+. The first-order valence-electron chi connectivity index (χ1n) is 7.10. The SMILES string of the molecule is C/C(=N\NC(=S)Nc1cccc(S(=O)(=O)N(C)C)c1)c1ccc(Cl)s1. The number of rotatable bonds is 5. The fourth-order valence-corrected chi connectivity index (χ4v) is 3.90. The van der Waals surface area contributed by atoms with Gasteiger partial charge in [0.15, 0.2) is 5.11 Å². The van der Waals surface area contributed by atoms with E-state index < -0.39 is 10.0 Å². The van der Waals surface area contributed by atoms with Gasteiger partial charge in [0.2, 0.25) is 10.0 Å². The van der Waals surface area contributed by atoms with Crippen molar-refractivity contribution in [3.8, 4) is 0 Å². The second-order valence-corrected chi connectivity index (χ2v) is 9.46. The average Bonchev–Trinajstić information content (AvgIpc) is 2.99. The van der Waals surface area contributed by atoms with Gasteiger partial charge in [0.25, 0.3) is 0 Å². The summed E-state index contributed by atoms with van der Waals surface area (Å²) in [6, 6.07) is 10.1. The summed E-state index contributed by atoms with van der Waals surface area (Å²) < 4.78 is 26.2. The third-order valence-corrected chi connectivity index (χ3v) is 6.47. The zero-order valence-corrected chi connectivity index (χ0v) is 17.0. The highest BCUT2D eigenvalue weighted by atomic mass is 35.5. The van der Waals surface area contributed by atoms with Crippen LogP contribution in [0.15, 0.2) is 46.4 Å². The number of hydrogen-bond donors (Lipinski definition) is 2. The summed E-state index contributed by atoms with van der Waals surface area (Å²) in [4.78, 5) is 1.11. The van der Waals surface area contributed by atoms with Gasteiger partial charge >= 0.3 is 0 Å². The highest BCUT2D eigenvalue weighted by Crippen LogP contribution is 2.22. The maximum atomic E-state index is 12.2. The molecule has 2 N–H and O–H groups in total. The minimum atomic E-state index is -3.50. The fraction of sp³-hybridized carbons (Fsp3) is 0.200. The molecule has 0 radical (unpaired) electrons. The molecule has 1 aromatic heterocycles. The summed E-state index contributed by atoms with van der Waals surface area (Å²) in [5.74, 6) is 0. The van der Waals surface area contributed by atoms with Crippen LogP contribution in [0.5, 0.6) is 0 Å². The van der Waals surface area contributed by atoms with Crippen molar-refractivity contribution in [3.05, 3.63) is 45.6 Å². The maximum absolute atomic E-state index is 12.2. The maximum Gasteiger partial charge on any atom is 0.242 e. The molecule has 0 saturated heterocycles. The van der Waals surface area contributed by atoms with Crippen molar-refractivity contribution in [2.45, 2.75) is 11.8 Å². The number of thiophene rings is 1. The van der Waals surface area contributed by atoms with Gasteiger partial charge in [0.1, 0.15) is 0 Å². The van der Waals surface area contributed by atoms with E-state index in [1.54, 1.807) is 18.2 Å². The van der Waals surface area contributed by atoms with E-state index in [1.807, 2.05) is 13.0 Å². The molecular formula is C15H17ClN4O2S3. The minimum absolute atomic E-state index is 0.179. The number of hydrazone groups is 1. The molecule has 0 spiro atoms. The number of anilines is 1. The van der Waals surface area contributed by atoms with Crippen LogP contribution < -0.4 is 10.7 Å². The van der Waals surface area contributed by atoms with Gasteiger partial charge in [0.05, 0.1) is 19.8 Å². The number of nitrogens with zero attached hydrogens (tertiary/aromatic N) is 2. The Kier molecular flexibility index (Phi) is 6.53. The molecule has 6 nitrogen and oxygen atoms in total. The molecule has 0 fully saturated rings. The van der Waals surface area contributed by atoms with Crippen molar-refractivity contribution in [1.82, 2.24) is 9.73 Å². The lowest BCUT2D eigenvalue weighted by Crippen LogP contribution is -2.25. The van der Waals surface area contributed by atoms with Gasteiger partial charge in [-0.2, -0.15) is 5.10 Å². The first-order valence-corrected chi connectivity index (χ1v) is 10.1. The van der Waals surface area contributed by atoms with Crippen LogP contribution in [0.4, 0.5) is 5.69 Å². The fourth-order valence-electron chi connectivity index (χ4n) is 1.80. The number of nitrogens with one attached hydrogen (secondary N) is 2. The number of benzene rings is 1. The van der Waals surface area contributed by atoms with Crippen molar-refractivity contribution >= 4 is 61.7 Å². The van der Waals surface area contributed by atoms with Crippen LogP contribution in [0.25, 0.3) is 0 Å². The van der Waals surface area contributed by atoms with Crippen molar-refractivity contribution in [3.63, 3.8) is 0 Å². The molecule has 2 rings (SSSR count). The van der Waals surface area contributed by atoms with E-state index in [9.17, 15) is 8.42 Å². The molecule has 1 heterocycles. The third-order valence-electron chi connectivity index (χ3n) is 3.13. The first-order chi connectivity index (χ1) is 11.7. The Balaban J connectivity index is 2.06. The molecule has 1 aromatic carbocycles. The van der Waals surface area contributed by atoms with Crippen LogP contribution in [-0.4, -0.2) is 37.6 Å². The molecule has 0 bridgehead atoms. The van der Waals surface area contributed by atoms with E-state index in [0.29, 0.717) is 10.0 Å². The monoisotopic (exact) mass is 416 g/mol. The lowest BCUT2D eigenvalue weighted by Gasteiger charge is -2.13. The molecule has 0 aliphatic carbocycles. The van der Waals surface area contributed by atoms with Gasteiger partial charge in [-0.05, 0) is 49.5 Å². The number of thiocarbonyl (C=S) groups is 1.